The number of benzene rings is 1. The number of anilines is 2. The van der Waals surface area contributed by atoms with Crippen LogP contribution >= 0.6 is 11.8 Å². The van der Waals surface area contributed by atoms with E-state index in [1.54, 1.807) is 30.1 Å². The number of hydrogen-bond donors (Lipinski definition) is 1. The molecule has 26 heavy (non-hydrogen) atoms. The minimum Gasteiger partial charge on any atom is -0.354 e. The Morgan fingerprint density at radius 2 is 1.96 bits per heavy atom. The van der Waals surface area contributed by atoms with Crippen molar-refractivity contribution in [2.75, 3.05) is 49.2 Å². The van der Waals surface area contributed by atoms with Gasteiger partial charge in [-0.3, -0.25) is 9.69 Å². The SMILES string of the molecule is CSc1ccc(NC(=O)CN2CCN(c3cc(C#N)ccn3)CC2)cc1. The van der Waals surface area contributed by atoms with Crippen LogP contribution in [-0.2, 0) is 4.79 Å². The van der Waals surface area contributed by atoms with Crippen LogP contribution in [0.5, 0.6) is 0 Å². The molecule has 2 aromatic rings. The molecule has 0 unspecified atom stereocenters. The Kier molecular flexibility index (Phi) is 6.10. The fourth-order valence-corrected chi connectivity index (χ4v) is 3.28. The molecule has 1 aliphatic rings. The normalized spacial score (nSPS) is 14.7. The molecule has 0 radical (unpaired) electrons. The number of amides is 1. The Morgan fingerprint density at radius 3 is 2.62 bits per heavy atom. The molecular weight excluding hydrogens is 346 g/mol. The van der Waals surface area contributed by atoms with Crippen molar-refractivity contribution in [3.63, 3.8) is 0 Å². The van der Waals surface area contributed by atoms with Crippen LogP contribution in [0.2, 0.25) is 0 Å². The molecule has 0 atom stereocenters. The monoisotopic (exact) mass is 367 g/mol. The van der Waals surface area contributed by atoms with Gasteiger partial charge in [-0.1, -0.05) is 0 Å². The first-order valence-corrected chi connectivity index (χ1v) is 9.68. The third kappa shape index (κ3) is 4.75. The molecule has 7 heteroatoms. The van der Waals surface area contributed by atoms with Gasteiger partial charge in [0.15, 0.2) is 0 Å². The Morgan fingerprint density at radius 1 is 1.23 bits per heavy atom. The minimum absolute atomic E-state index is 0.0000422. The molecule has 1 aromatic carbocycles. The van der Waals surface area contributed by atoms with Crippen LogP contribution < -0.4 is 10.2 Å². The highest BCUT2D eigenvalue weighted by atomic mass is 32.2. The molecule has 1 N–H and O–H groups in total. The van der Waals surface area contributed by atoms with Gasteiger partial charge in [0.05, 0.1) is 18.2 Å². The number of pyridine rings is 1. The van der Waals surface area contributed by atoms with Crippen LogP contribution in [0.3, 0.4) is 0 Å². The van der Waals surface area contributed by atoms with E-state index in [0.717, 1.165) is 37.7 Å². The van der Waals surface area contributed by atoms with Gasteiger partial charge in [-0.25, -0.2) is 4.98 Å². The van der Waals surface area contributed by atoms with Crippen molar-refractivity contribution in [3.05, 3.63) is 48.2 Å². The predicted octanol–water partition coefficient (Wildman–Crippen LogP) is 2.44. The summed E-state index contributed by atoms with van der Waals surface area (Å²) in [7, 11) is 0. The number of carbonyl (C=O) groups excluding carboxylic acids is 1. The van der Waals surface area contributed by atoms with E-state index in [4.69, 9.17) is 5.26 Å². The molecule has 0 saturated carbocycles. The maximum absolute atomic E-state index is 12.3. The Bertz CT molecular complexity index is 794. The summed E-state index contributed by atoms with van der Waals surface area (Å²) in [6, 6.07) is 13.5. The van der Waals surface area contributed by atoms with Gasteiger partial charge in [0, 0.05) is 43.0 Å². The summed E-state index contributed by atoms with van der Waals surface area (Å²) in [5, 5.41) is 11.9. The summed E-state index contributed by atoms with van der Waals surface area (Å²) in [4.78, 5) is 22.1. The topological polar surface area (TPSA) is 72.3 Å². The zero-order chi connectivity index (χ0) is 18.4. The van der Waals surface area contributed by atoms with E-state index < -0.39 is 0 Å². The largest absolute Gasteiger partial charge is 0.354 e. The van der Waals surface area contributed by atoms with E-state index in [9.17, 15) is 4.79 Å². The van der Waals surface area contributed by atoms with E-state index >= 15 is 0 Å². The van der Waals surface area contributed by atoms with Crippen LogP contribution in [0.4, 0.5) is 11.5 Å². The molecule has 1 amide bonds. The number of carbonyl (C=O) groups is 1. The third-order valence-corrected chi connectivity index (χ3v) is 5.06. The number of piperazine rings is 1. The maximum atomic E-state index is 12.3. The molecule has 2 heterocycles. The fraction of sp³-hybridized carbons (Fsp3) is 0.316. The van der Waals surface area contributed by atoms with Crippen molar-refractivity contribution in [1.82, 2.24) is 9.88 Å². The van der Waals surface area contributed by atoms with Gasteiger partial charge >= 0.3 is 0 Å². The van der Waals surface area contributed by atoms with Crippen molar-refractivity contribution < 1.29 is 4.79 Å². The Labute approximate surface area is 157 Å². The molecule has 6 nitrogen and oxygen atoms in total. The average Bonchev–Trinajstić information content (AvgIpc) is 2.69. The van der Waals surface area contributed by atoms with E-state index in [1.165, 1.54) is 4.90 Å². The second-order valence-electron chi connectivity index (χ2n) is 6.05. The number of nitriles is 1. The van der Waals surface area contributed by atoms with Crippen LogP contribution in [0.25, 0.3) is 0 Å². The molecular formula is C19H21N5OS. The summed E-state index contributed by atoms with van der Waals surface area (Å²) in [5.74, 6) is 0.821. The Balaban J connectivity index is 1.48. The first-order valence-electron chi connectivity index (χ1n) is 8.45. The van der Waals surface area contributed by atoms with Gasteiger partial charge in [-0.05, 0) is 42.7 Å². The number of hydrogen-bond acceptors (Lipinski definition) is 6. The first kappa shape index (κ1) is 18.2. The molecule has 1 fully saturated rings. The van der Waals surface area contributed by atoms with Gasteiger partial charge in [0.25, 0.3) is 0 Å². The second-order valence-corrected chi connectivity index (χ2v) is 6.93. The maximum Gasteiger partial charge on any atom is 0.238 e. The molecule has 134 valence electrons. The highest BCUT2D eigenvalue weighted by Crippen LogP contribution is 2.18. The van der Waals surface area contributed by atoms with Gasteiger partial charge in [-0.15, -0.1) is 11.8 Å². The molecule has 0 bridgehead atoms. The Hall–Kier alpha value is -2.56. The van der Waals surface area contributed by atoms with Crippen LogP contribution in [0, 0.1) is 11.3 Å². The summed E-state index contributed by atoms with van der Waals surface area (Å²) in [5.41, 5.74) is 1.44. The van der Waals surface area contributed by atoms with Crippen molar-refractivity contribution in [1.29, 1.82) is 5.26 Å². The van der Waals surface area contributed by atoms with Gasteiger partial charge in [0.2, 0.25) is 5.91 Å². The van der Waals surface area contributed by atoms with E-state index in [1.807, 2.05) is 30.5 Å². The summed E-state index contributed by atoms with van der Waals surface area (Å²) < 4.78 is 0. The van der Waals surface area contributed by atoms with Crippen molar-refractivity contribution >= 4 is 29.2 Å². The third-order valence-electron chi connectivity index (χ3n) is 4.31. The zero-order valence-electron chi connectivity index (χ0n) is 14.7. The first-order chi connectivity index (χ1) is 12.7. The fourth-order valence-electron chi connectivity index (χ4n) is 2.87. The lowest BCUT2D eigenvalue weighted by Gasteiger charge is -2.35. The van der Waals surface area contributed by atoms with Crippen LogP contribution in [-0.4, -0.2) is 54.8 Å². The van der Waals surface area contributed by atoms with Crippen molar-refractivity contribution in [3.8, 4) is 6.07 Å². The number of rotatable bonds is 5. The lowest BCUT2D eigenvalue weighted by Crippen LogP contribution is -2.48. The minimum atomic E-state index is -0.0000422. The summed E-state index contributed by atoms with van der Waals surface area (Å²) >= 11 is 1.68. The molecule has 3 rings (SSSR count). The number of nitrogens with zero attached hydrogens (tertiary/aromatic N) is 4. The molecule has 1 aromatic heterocycles. The number of aromatic nitrogens is 1. The quantitative estimate of drug-likeness (QED) is 0.819. The van der Waals surface area contributed by atoms with Crippen LogP contribution in [0.1, 0.15) is 5.56 Å². The van der Waals surface area contributed by atoms with Gasteiger partial charge in [-0.2, -0.15) is 5.26 Å². The lowest BCUT2D eigenvalue weighted by molar-refractivity contribution is -0.117. The average molecular weight is 367 g/mol. The zero-order valence-corrected chi connectivity index (χ0v) is 15.5. The molecule has 1 aliphatic heterocycles. The van der Waals surface area contributed by atoms with E-state index in [0.29, 0.717) is 12.1 Å². The van der Waals surface area contributed by atoms with Crippen molar-refractivity contribution in [2.24, 2.45) is 0 Å². The highest BCUT2D eigenvalue weighted by molar-refractivity contribution is 7.98. The lowest BCUT2D eigenvalue weighted by atomic mass is 10.2. The molecule has 0 spiro atoms. The number of thioether (sulfide) groups is 1. The van der Waals surface area contributed by atoms with Gasteiger partial charge in [0.1, 0.15) is 5.82 Å². The summed E-state index contributed by atoms with van der Waals surface area (Å²) in [6.45, 7) is 3.54. The molecule has 1 saturated heterocycles. The number of nitrogens with one attached hydrogen (secondary N) is 1. The van der Waals surface area contributed by atoms with Crippen molar-refractivity contribution in [2.45, 2.75) is 4.90 Å². The standard InChI is InChI=1S/C19H21N5OS/c1-26-17-4-2-16(3-5-17)22-19(25)14-23-8-10-24(11-9-23)18-12-15(13-20)6-7-21-18/h2-7,12H,8-11,14H2,1H3,(H,22,25). The highest BCUT2D eigenvalue weighted by Gasteiger charge is 2.20. The second kappa shape index (κ2) is 8.70. The summed E-state index contributed by atoms with van der Waals surface area (Å²) in [6.07, 6.45) is 3.69. The smallest absolute Gasteiger partial charge is 0.238 e. The molecule has 0 aliphatic carbocycles. The van der Waals surface area contributed by atoms with Gasteiger partial charge < -0.3 is 10.2 Å². The van der Waals surface area contributed by atoms with E-state index in [2.05, 4.69) is 26.2 Å². The predicted molar refractivity (Wildman–Crippen MR) is 104 cm³/mol. The van der Waals surface area contributed by atoms with Crippen LogP contribution in [0.15, 0.2) is 47.5 Å². The van der Waals surface area contributed by atoms with E-state index in [-0.39, 0.29) is 5.91 Å².